The van der Waals surface area contributed by atoms with Gasteiger partial charge in [-0.25, -0.2) is 15.0 Å². The molecule has 2 aromatic rings. The van der Waals surface area contributed by atoms with Crippen LogP contribution in [0.15, 0.2) is 28.4 Å². The van der Waals surface area contributed by atoms with Crippen LogP contribution in [0.5, 0.6) is 0 Å². The normalized spacial score (nSPS) is 10.7. The number of anilines is 1. The maximum Gasteiger partial charge on any atom is 0.133 e. The first kappa shape index (κ1) is 16.0. The molecule has 0 aliphatic heterocycles. The Morgan fingerprint density at radius 3 is 2.67 bits per heavy atom. The summed E-state index contributed by atoms with van der Waals surface area (Å²) in [5.74, 6) is 1.78. The van der Waals surface area contributed by atoms with Crippen LogP contribution in [-0.4, -0.2) is 21.5 Å². The minimum atomic E-state index is 0.638. The lowest BCUT2D eigenvalue weighted by atomic mass is 10.3. The third-order valence-corrected chi connectivity index (χ3v) is 4.13. The van der Waals surface area contributed by atoms with Gasteiger partial charge in [-0.3, -0.25) is 0 Å². The fourth-order valence-electron chi connectivity index (χ4n) is 1.84. The molecule has 1 N–H and O–H groups in total. The number of pyridine rings is 1. The zero-order valence-electron chi connectivity index (χ0n) is 12.5. The van der Waals surface area contributed by atoms with Crippen LogP contribution in [0.25, 0.3) is 0 Å². The quantitative estimate of drug-likeness (QED) is 0.800. The van der Waals surface area contributed by atoms with Crippen molar-refractivity contribution in [3.8, 4) is 0 Å². The summed E-state index contributed by atoms with van der Waals surface area (Å²) in [5, 5.41) is 5.77. The Bertz CT molecular complexity index is 601. The van der Waals surface area contributed by atoms with E-state index in [0.29, 0.717) is 5.02 Å². The smallest absolute Gasteiger partial charge is 0.133 e. The van der Waals surface area contributed by atoms with Gasteiger partial charge in [0.2, 0.25) is 0 Å². The van der Waals surface area contributed by atoms with Gasteiger partial charge in [0, 0.05) is 24.7 Å². The van der Waals surface area contributed by atoms with Crippen molar-refractivity contribution in [3.05, 3.63) is 34.7 Å². The van der Waals surface area contributed by atoms with Crippen molar-refractivity contribution in [1.29, 1.82) is 0 Å². The molecule has 0 spiro atoms. The summed E-state index contributed by atoms with van der Waals surface area (Å²) in [4.78, 5) is 13.6. The minimum Gasteiger partial charge on any atom is -0.370 e. The summed E-state index contributed by atoms with van der Waals surface area (Å²) >= 11 is 7.41. The van der Waals surface area contributed by atoms with E-state index < -0.39 is 0 Å². The minimum absolute atomic E-state index is 0.638. The van der Waals surface area contributed by atoms with Gasteiger partial charge >= 0.3 is 0 Å². The molecule has 2 heterocycles. The molecule has 2 aromatic heterocycles. The topological polar surface area (TPSA) is 50.7 Å². The number of halogens is 1. The molecular weight excluding hydrogens is 304 g/mol. The number of rotatable bonds is 6. The van der Waals surface area contributed by atoms with E-state index in [4.69, 9.17) is 11.6 Å². The van der Waals surface area contributed by atoms with Crippen molar-refractivity contribution >= 4 is 29.2 Å². The van der Waals surface area contributed by atoms with Gasteiger partial charge in [0.25, 0.3) is 0 Å². The number of aryl methyl sites for hydroxylation is 1. The Labute approximate surface area is 134 Å². The molecule has 0 saturated heterocycles. The largest absolute Gasteiger partial charge is 0.370 e. The van der Waals surface area contributed by atoms with E-state index in [9.17, 15) is 0 Å². The second-order valence-electron chi connectivity index (χ2n) is 4.62. The summed E-state index contributed by atoms with van der Waals surface area (Å²) in [7, 11) is 0. The van der Waals surface area contributed by atoms with Crippen LogP contribution in [0.4, 0.5) is 5.82 Å². The van der Waals surface area contributed by atoms with Gasteiger partial charge in [0.05, 0.1) is 5.02 Å². The predicted molar refractivity (Wildman–Crippen MR) is 88.3 cm³/mol. The number of aromatic nitrogens is 3. The third-order valence-electron chi connectivity index (χ3n) is 2.87. The van der Waals surface area contributed by atoms with Gasteiger partial charge in [-0.15, -0.1) is 0 Å². The SMILES string of the molecule is CCCc1nc(NCC)c(C)c(Sc2ccc(Cl)cn2)n1. The molecule has 0 amide bonds. The van der Waals surface area contributed by atoms with Crippen LogP contribution in [0.3, 0.4) is 0 Å². The number of hydrogen-bond acceptors (Lipinski definition) is 5. The molecule has 0 bridgehead atoms. The fourth-order valence-corrected chi connectivity index (χ4v) is 2.79. The zero-order valence-corrected chi connectivity index (χ0v) is 14.1. The highest BCUT2D eigenvalue weighted by Gasteiger charge is 2.12. The van der Waals surface area contributed by atoms with Crippen LogP contribution < -0.4 is 5.32 Å². The predicted octanol–water partition coefficient (Wildman–Crippen LogP) is 4.37. The molecule has 0 aliphatic rings. The molecule has 0 aromatic carbocycles. The van der Waals surface area contributed by atoms with E-state index in [1.165, 1.54) is 0 Å². The molecule has 0 aliphatic carbocycles. The summed E-state index contributed by atoms with van der Waals surface area (Å²) in [5.41, 5.74) is 1.05. The second-order valence-corrected chi connectivity index (χ2v) is 6.06. The van der Waals surface area contributed by atoms with Crippen LogP contribution in [0.2, 0.25) is 5.02 Å². The first-order chi connectivity index (χ1) is 10.1. The molecule has 0 unspecified atom stereocenters. The van der Waals surface area contributed by atoms with E-state index in [2.05, 4.69) is 34.1 Å². The highest BCUT2D eigenvalue weighted by atomic mass is 35.5. The molecule has 6 heteroatoms. The average molecular weight is 323 g/mol. The summed E-state index contributed by atoms with van der Waals surface area (Å²) in [6, 6.07) is 3.74. The van der Waals surface area contributed by atoms with Gasteiger partial charge in [0.15, 0.2) is 0 Å². The lowest BCUT2D eigenvalue weighted by molar-refractivity contribution is 0.801. The van der Waals surface area contributed by atoms with Gasteiger partial charge in [-0.1, -0.05) is 18.5 Å². The van der Waals surface area contributed by atoms with E-state index >= 15 is 0 Å². The van der Waals surface area contributed by atoms with Crippen molar-refractivity contribution in [2.45, 2.75) is 43.7 Å². The monoisotopic (exact) mass is 322 g/mol. The van der Waals surface area contributed by atoms with E-state index in [1.807, 2.05) is 19.1 Å². The molecular formula is C15H19ClN4S. The fraction of sp³-hybridized carbons (Fsp3) is 0.400. The number of nitrogens with zero attached hydrogens (tertiary/aromatic N) is 3. The molecule has 0 saturated carbocycles. The standard InChI is InChI=1S/C15H19ClN4S/c1-4-6-12-19-14(17-5-2)10(3)15(20-12)21-13-8-7-11(16)9-18-13/h7-9H,4-6H2,1-3H3,(H,17,19,20). The number of nitrogens with one attached hydrogen (secondary N) is 1. The van der Waals surface area contributed by atoms with Crippen LogP contribution in [0, 0.1) is 6.92 Å². The highest BCUT2D eigenvalue weighted by molar-refractivity contribution is 7.99. The molecule has 0 atom stereocenters. The molecule has 0 fully saturated rings. The first-order valence-corrected chi connectivity index (χ1v) is 8.24. The average Bonchev–Trinajstić information content (AvgIpc) is 2.47. The molecule has 112 valence electrons. The molecule has 21 heavy (non-hydrogen) atoms. The van der Waals surface area contributed by atoms with Crippen LogP contribution in [-0.2, 0) is 6.42 Å². The van der Waals surface area contributed by atoms with Crippen molar-refractivity contribution < 1.29 is 0 Å². The van der Waals surface area contributed by atoms with E-state index in [1.54, 1.807) is 18.0 Å². The number of hydrogen-bond donors (Lipinski definition) is 1. The molecule has 2 rings (SSSR count). The summed E-state index contributed by atoms with van der Waals surface area (Å²) < 4.78 is 0. The van der Waals surface area contributed by atoms with Crippen molar-refractivity contribution in [2.24, 2.45) is 0 Å². The van der Waals surface area contributed by atoms with Crippen molar-refractivity contribution in [1.82, 2.24) is 15.0 Å². The van der Waals surface area contributed by atoms with E-state index in [-0.39, 0.29) is 0 Å². The third kappa shape index (κ3) is 4.32. The van der Waals surface area contributed by atoms with Crippen LogP contribution >= 0.6 is 23.4 Å². The Kier molecular flexibility index (Phi) is 5.82. The second kappa shape index (κ2) is 7.61. The van der Waals surface area contributed by atoms with Crippen molar-refractivity contribution in [2.75, 3.05) is 11.9 Å². The summed E-state index contributed by atoms with van der Waals surface area (Å²) in [6.45, 7) is 7.07. The van der Waals surface area contributed by atoms with Crippen molar-refractivity contribution in [3.63, 3.8) is 0 Å². The van der Waals surface area contributed by atoms with Gasteiger partial charge in [0.1, 0.15) is 21.7 Å². The highest BCUT2D eigenvalue weighted by Crippen LogP contribution is 2.30. The molecule has 0 radical (unpaired) electrons. The van der Waals surface area contributed by atoms with Gasteiger partial charge < -0.3 is 5.32 Å². The van der Waals surface area contributed by atoms with E-state index in [0.717, 1.165) is 46.6 Å². The Morgan fingerprint density at radius 1 is 1.24 bits per heavy atom. The van der Waals surface area contributed by atoms with Crippen LogP contribution in [0.1, 0.15) is 31.7 Å². The Hall–Kier alpha value is -1.33. The van der Waals surface area contributed by atoms with Gasteiger partial charge in [-0.05, 0) is 44.2 Å². The first-order valence-electron chi connectivity index (χ1n) is 7.04. The zero-order chi connectivity index (χ0) is 15.2. The van der Waals surface area contributed by atoms with Gasteiger partial charge in [-0.2, -0.15) is 0 Å². The maximum atomic E-state index is 5.87. The maximum absolute atomic E-state index is 5.87. The lowest BCUT2D eigenvalue weighted by Crippen LogP contribution is -2.07. The lowest BCUT2D eigenvalue weighted by Gasteiger charge is -2.12. The Morgan fingerprint density at radius 2 is 2.05 bits per heavy atom. The molecule has 4 nitrogen and oxygen atoms in total. The summed E-state index contributed by atoms with van der Waals surface area (Å²) in [6.07, 6.45) is 3.55. The Balaban J connectivity index is 2.33.